The highest BCUT2D eigenvalue weighted by Gasteiger charge is 2.20. The van der Waals surface area contributed by atoms with E-state index in [2.05, 4.69) is 45.0 Å². The van der Waals surface area contributed by atoms with E-state index in [1.165, 1.54) is 23.7 Å². The zero-order valence-corrected chi connectivity index (χ0v) is 17.5. The summed E-state index contributed by atoms with van der Waals surface area (Å²) in [6, 6.07) is 5.77. The second-order valence-electron chi connectivity index (χ2n) is 7.53. The smallest absolute Gasteiger partial charge is 0.261 e. The molecule has 1 saturated heterocycles. The molecule has 146 valence electrons. The Labute approximate surface area is 168 Å². The summed E-state index contributed by atoms with van der Waals surface area (Å²) in [5.74, 6) is 0.769. The molecule has 1 amide bonds. The summed E-state index contributed by atoms with van der Waals surface area (Å²) in [7, 11) is 0. The minimum Gasteiger partial charge on any atom is -0.354 e. The normalized spacial score (nSPS) is 17.1. The van der Waals surface area contributed by atoms with Gasteiger partial charge in [0.2, 0.25) is 5.91 Å². The van der Waals surface area contributed by atoms with E-state index >= 15 is 0 Å². The maximum Gasteiger partial charge on any atom is 0.261 e. The molecule has 2 heterocycles. The molecule has 0 saturated carbocycles. The Hall–Kier alpha value is -1.73. The van der Waals surface area contributed by atoms with E-state index in [1.54, 1.807) is 12.1 Å². The fourth-order valence-corrected chi connectivity index (χ4v) is 3.82. The highest BCUT2D eigenvalue weighted by atomic mass is 79.9. The van der Waals surface area contributed by atoms with Crippen LogP contribution in [0.4, 0.5) is 0 Å². The van der Waals surface area contributed by atoms with Gasteiger partial charge in [-0.3, -0.25) is 19.1 Å². The van der Waals surface area contributed by atoms with Crippen LogP contribution in [0.25, 0.3) is 10.9 Å². The molecule has 27 heavy (non-hydrogen) atoms. The molecule has 6 nitrogen and oxygen atoms in total. The summed E-state index contributed by atoms with van der Waals surface area (Å²) in [6.07, 6.45) is 4.24. The lowest BCUT2D eigenvalue weighted by molar-refractivity contribution is -0.121. The van der Waals surface area contributed by atoms with Gasteiger partial charge in [-0.15, -0.1) is 0 Å². The number of aryl methyl sites for hydroxylation is 1. The second-order valence-corrected chi connectivity index (χ2v) is 8.44. The first-order valence-corrected chi connectivity index (χ1v) is 10.4. The van der Waals surface area contributed by atoms with Gasteiger partial charge in [-0.1, -0.05) is 22.9 Å². The van der Waals surface area contributed by atoms with Gasteiger partial charge >= 0.3 is 0 Å². The van der Waals surface area contributed by atoms with E-state index in [4.69, 9.17) is 0 Å². The number of nitrogens with zero attached hydrogens (tertiary/aromatic N) is 3. The fraction of sp³-hybridized carbons (Fsp3) is 0.550. The molecule has 0 unspecified atom stereocenters. The van der Waals surface area contributed by atoms with Crippen molar-refractivity contribution in [3.05, 3.63) is 39.4 Å². The van der Waals surface area contributed by atoms with Crippen molar-refractivity contribution in [3.8, 4) is 0 Å². The van der Waals surface area contributed by atoms with Crippen molar-refractivity contribution in [2.24, 2.45) is 5.92 Å². The number of benzene rings is 1. The predicted molar refractivity (Wildman–Crippen MR) is 111 cm³/mol. The highest BCUT2D eigenvalue weighted by Crippen LogP contribution is 2.17. The average molecular weight is 435 g/mol. The van der Waals surface area contributed by atoms with E-state index in [1.807, 2.05) is 6.07 Å². The third kappa shape index (κ3) is 5.17. The van der Waals surface area contributed by atoms with Crippen LogP contribution in [0, 0.1) is 5.92 Å². The highest BCUT2D eigenvalue weighted by molar-refractivity contribution is 9.10. The van der Waals surface area contributed by atoms with Gasteiger partial charge in [-0.25, -0.2) is 4.98 Å². The zero-order chi connectivity index (χ0) is 19.4. The Morgan fingerprint density at radius 2 is 2.11 bits per heavy atom. The number of rotatable bonds is 6. The minimum atomic E-state index is -0.120. The molecule has 1 fully saturated rings. The number of carbonyl (C=O) groups excluding carboxylic acids is 1. The van der Waals surface area contributed by atoms with Crippen molar-refractivity contribution in [1.29, 1.82) is 0 Å². The summed E-state index contributed by atoms with van der Waals surface area (Å²) in [5.41, 5.74) is 0.540. The van der Waals surface area contributed by atoms with Crippen LogP contribution in [-0.2, 0) is 11.3 Å². The number of fused-ring (bicyclic) bond motifs is 1. The van der Waals surface area contributed by atoms with Gasteiger partial charge in [-0.05, 0) is 57.0 Å². The number of carbonyl (C=O) groups is 1. The number of amides is 1. The maximum absolute atomic E-state index is 12.6. The van der Waals surface area contributed by atoms with Crippen LogP contribution < -0.4 is 10.9 Å². The van der Waals surface area contributed by atoms with E-state index in [0.717, 1.165) is 23.5 Å². The SMILES string of the molecule is CC1CCN([C@H](C)CNC(=O)CCn2cnc3ccc(Br)cc3c2=O)CC1. The largest absolute Gasteiger partial charge is 0.354 e. The predicted octanol–water partition coefficient (Wildman–Crippen LogP) is 2.79. The van der Waals surface area contributed by atoms with Crippen molar-refractivity contribution >= 4 is 32.7 Å². The van der Waals surface area contributed by atoms with Crippen LogP contribution in [0.3, 0.4) is 0 Å². The van der Waals surface area contributed by atoms with E-state index in [-0.39, 0.29) is 17.9 Å². The first kappa shape index (κ1) is 20.0. The number of halogens is 1. The van der Waals surface area contributed by atoms with Crippen molar-refractivity contribution in [3.63, 3.8) is 0 Å². The molecule has 1 aliphatic heterocycles. The molecule has 0 radical (unpaired) electrons. The summed E-state index contributed by atoms with van der Waals surface area (Å²) in [5, 5.41) is 3.56. The standard InChI is InChI=1S/C20H27BrN4O2/c1-14-5-8-24(9-6-14)15(2)12-22-19(26)7-10-25-13-23-18-4-3-16(21)11-17(18)20(25)27/h3-4,11,13-15H,5-10,12H2,1-2H3,(H,22,26)/t15-/m1/s1. The van der Waals surface area contributed by atoms with Crippen LogP contribution in [0.5, 0.6) is 0 Å². The number of nitrogens with one attached hydrogen (secondary N) is 1. The van der Waals surface area contributed by atoms with Gasteiger partial charge in [0.1, 0.15) is 0 Å². The van der Waals surface area contributed by atoms with Gasteiger partial charge in [-0.2, -0.15) is 0 Å². The lowest BCUT2D eigenvalue weighted by Crippen LogP contribution is -2.45. The quantitative estimate of drug-likeness (QED) is 0.758. The van der Waals surface area contributed by atoms with Gasteiger partial charge in [0.05, 0.1) is 17.2 Å². The van der Waals surface area contributed by atoms with Crippen LogP contribution in [0.2, 0.25) is 0 Å². The zero-order valence-electron chi connectivity index (χ0n) is 15.9. The molecular formula is C20H27BrN4O2. The molecule has 2 aromatic rings. The van der Waals surface area contributed by atoms with E-state index < -0.39 is 0 Å². The summed E-state index contributed by atoms with van der Waals surface area (Å²) in [6.45, 7) is 7.64. The number of hydrogen-bond donors (Lipinski definition) is 1. The number of likely N-dealkylation sites (tertiary alicyclic amines) is 1. The Morgan fingerprint density at radius 1 is 1.37 bits per heavy atom. The Morgan fingerprint density at radius 3 is 2.85 bits per heavy atom. The second kappa shape index (κ2) is 8.97. The van der Waals surface area contributed by atoms with Crippen molar-refractivity contribution in [2.75, 3.05) is 19.6 Å². The third-order valence-electron chi connectivity index (χ3n) is 5.40. The topological polar surface area (TPSA) is 67.2 Å². The van der Waals surface area contributed by atoms with Crippen LogP contribution in [0.1, 0.15) is 33.1 Å². The summed E-state index contributed by atoms with van der Waals surface area (Å²) >= 11 is 3.38. The molecule has 0 bridgehead atoms. The molecule has 1 aromatic heterocycles. The van der Waals surface area contributed by atoms with Crippen molar-refractivity contribution < 1.29 is 4.79 Å². The molecular weight excluding hydrogens is 408 g/mol. The Bertz CT molecular complexity index is 859. The number of piperidine rings is 1. The molecule has 7 heteroatoms. The third-order valence-corrected chi connectivity index (χ3v) is 5.90. The molecule has 1 aromatic carbocycles. The minimum absolute atomic E-state index is 0.0338. The molecule has 3 rings (SSSR count). The average Bonchev–Trinajstić information content (AvgIpc) is 2.66. The fourth-order valence-electron chi connectivity index (χ4n) is 3.46. The maximum atomic E-state index is 12.6. The first-order chi connectivity index (χ1) is 12.9. The van der Waals surface area contributed by atoms with Crippen molar-refractivity contribution in [2.45, 2.75) is 45.7 Å². The van der Waals surface area contributed by atoms with E-state index in [9.17, 15) is 9.59 Å². The van der Waals surface area contributed by atoms with Crippen LogP contribution in [0.15, 0.2) is 33.8 Å². The number of hydrogen-bond acceptors (Lipinski definition) is 4. The monoisotopic (exact) mass is 434 g/mol. The lowest BCUT2D eigenvalue weighted by Gasteiger charge is -2.35. The van der Waals surface area contributed by atoms with E-state index in [0.29, 0.717) is 30.0 Å². The van der Waals surface area contributed by atoms with Crippen molar-refractivity contribution in [1.82, 2.24) is 19.8 Å². The van der Waals surface area contributed by atoms with Gasteiger partial charge in [0, 0.05) is 30.0 Å². The van der Waals surface area contributed by atoms with Crippen LogP contribution >= 0.6 is 15.9 Å². The van der Waals surface area contributed by atoms with Gasteiger partial charge < -0.3 is 5.32 Å². The summed E-state index contributed by atoms with van der Waals surface area (Å²) < 4.78 is 2.34. The van der Waals surface area contributed by atoms with Gasteiger partial charge in [0.15, 0.2) is 0 Å². The van der Waals surface area contributed by atoms with Gasteiger partial charge in [0.25, 0.3) is 5.56 Å². The molecule has 1 atom stereocenters. The first-order valence-electron chi connectivity index (χ1n) is 9.59. The lowest BCUT2D eigenvalue weighted by atomic mass is 9.98. The molecule has 0 aliphatic carbocycles. The molecule has 1 N–H and O–H groups in total. The molecule has 1 aliphatic rings. The number of aromatic nitrogens is 2. The summed E-state index contributed by atoms with van der Waals surface area (Å²) in [4.78, 5) is 31.5. The molecule has 0 spiro atoms. The van der Waals surface area contributed by atoms with Crippen LogP contribution in [-0.4, -0.2) is 46.0 Å². The Kier molecular flexibility index (Phi) is 6.65. The Balaban J connectivity index is 1.51.